The Kier molecular flexibility index (Phi) is 5.38. The number of rotatable bonds is 5. The molecule has 19 heavy (non-hydrogen) atoms. The number of esters is 1. The third-order valence-electron chi connectivity index (χ3n) is 3.05. The summed E-state index contributed by atoms with van der Waals surface area (Å²) in [5, 5.41) is 14.2. The van der Waals surface area contributed by atoms with E-state index in [1.54, 1.807) is 12.3 Å². The van der Waals surface area contributed by atoms with Crippen molar-refractivity contribution in [3.05, 3.63) is 11.5 Å². The first-order chi connectivity index (χ1) is 9.31. The molecule has 0 aromatic carbocycles. The summed E-state index contributed by atoms with van der Waals surface area (Å²) in [6.45, 7) is 2.16. The standard InChI is InChI=1S/C12H18N4O2S/c1-2-18-11(17)8-9-19-12-13-14-15-16(12)10-6-4-3-5-7-10/h8-10H,2-7H2,1H3/b9-8-. The largest absolute Gasteiger partial charge is 0.463 e. The van der Waals surface area contributed by atoms with Crippen LogP contribution in [0.5, 0.6) is 0 Å². The Morgan fingerprint density at radius 1 is 1.47 bits per heavy atom. The molecule has 0 bridgehead atoms. The second-order valence-electron chi connectivity index (χ2n) is 4.37. The van der Waals surface area contributed by atoms with Gasteiger partial charge in [-0.3, -0.25) is 0 Å². The van der Waals surface area contributed by atoms with Crippen LogP contribution in [0.3, 0.4) is 0 Å². The molecule has 104 valence electrons. The highest BCUT2D eigenvalue weighted by atomic mass is 32.2. The van der Waals surface area contributed by atoms with Gasteiger partial charge in [0.1, 0.15) is 0 Å². The third-order valence-corrected chi connectivity index (χ3v) is 3.80. The van der Waals surface area contributed by atoms with Crippen molar-refractivity contribution in [1.29, 1.82) is 0 Å². The van der Waals surface area contributed by atoms with E-state index in [0.29, 0.717) is 12.6 Å². The number of tetrazole rings is 1. The molecule has 0 radical (unpaired) electrons. The summed E-state index contributed by atoms with van der Waals surface area (Å²) in [4.78, 5) is 11.2. The number of thioether (sulfide) groups is 1. The van der Waals surface area contributed by atoms with Crippen molar-refractivity contribution in [3.63, 3.8) is 0 Å². The number of carbonyl (C=O) groups excluding carboxylic acids is 1. The monoisotopic (exact) mass is 282 g/mol. The fraction of sp³-hybridized carbons (Fsp3) is 0.667. The fourth-order valence-electron chi connectivity index (χ4n) is 2.16. The van der Waals surface area contributed by atoms with E-state index >= 15 is 0 Å². The molecule has 1 aliphatic carbocycles. The van der Waals surface area contributed by atoms with Crippen LogP contribution in [0.15, 0.2) is 16.6 Å². The van der Waals surface area contributed by atoms with Gasteiger partial charge in [0.25, 0.3) is 0 Å². The van der Waals surface area contributed by atoms with E-state index in [0.717, 1.165) is 18.0 Å². The minimum absolute atomic E-state index is 0.341. The van der Waals surface area contributed by atoms with Gasteiger partial charge in [0.05, 0.1) is 12.6 Å². The van der Waals surface area contributed by atoms with E-state index in [1.807, 2.05) is 4.68 Å². The first-order valence-electron chi connectivity index (χ1n) is 6.59. The zero-order chi connectivity index (χ0) is 13.5. The summed E-state index contributed by atoms with van der Waals surface area (Å²) in [5.41, 5.74) is 0. The van der Waals surface area contributed by atoms with Gasteiger partial charge in [-0.15, -0.1) is 5.10 Å². The van der Waals surface area contributed by atoms with Crippen LogP contribution in [-0.2, 0) is 9.53 Å². The molecule has 0 saturated heterocycles. The Labute approximate surface area is 116 Å². The van der Waals surface area contributed by atoms with E-state index in [1.165, 1.54) is 37.1 Å². The number of hydrogen-bond acceptors (Lipinski definition) is 6. The van der Waals surface area contributed by atoms with Gasteiger partial charge in [0, 0.05) is 6.08 Å². The van der Waals surface area contributed by atoms with Crippen LogP contribution in [0, 0.1) is 0 Å². The summed E-state index contributed by atoms with van der Waals surface area (Å²) in [7, 11) is 0. The molecule has 1 aromatic heterocycles. The maximum atomic E-state index is 11.2. The van der Waals surface area contributed by atoms with Crippen molar-refractivity contribution in [3.8, 4) is 0 Å². The topological polar surface area (TPSA) is 69.9 Å². The number of aromatic nitrogens is 4. The smallest absolute Gasteiger partial charge is 0.331 e. The van der Waals surface area contributed by atoms with Crippen molar-refractivity contribution >= 4 is 17.7 Å². The highest BCUT2D eigenvalue weighted by molar-refractivity contribution is 8.02. The van der Waals surface area contributed by atoms with Gasteiger partial charge in [-0.25, -0.2) is 9.48 Å². The Morgan fingerprint density at radius 3 is 3.00 bits per heavy atom. The first-order valence-corrected chi connectivity index (χ1v) is 7.47. The van der Waals surface area contributed by atoms with Crippen LogP contribution in [0.1, 0.15) is 45.1 Å². The Morgan fingerprint density at radius 2 is 2.26 bits per heavy atom. The number of hydrogen-bond donors (Lipinski definition) is 0. The Hall–Kier alpha value is -1.37. The minimum atomic E-state index is -0.341. The predicted octanol–water partition coefficient (Wildman–Crippen LogP) is 2.35. The summed E-state index contributed by atoms with van der Waals surface area (Å²) in [6, 6.07) is 0.391. The molecule has 7 heteroatoms. The average Bonchev–Trinajstić information content (AvgIpc) is 2.88. The lowest BCUT2D eigenvalue weighted by molar-refractivity contribution is -0.137. The summed E-state index contributed by atoms with van der Waals surface area (Å²) in [5.74, 6) is -0.341. The maximum absolute atomic E-state index is 11.2. The van der Waals surface area contributed by atoms with E-state index in [4.69, 9.17) is 4.74 Å². The van der Waals surface area contributed by atoms with Crippen LogP contribution < -0.4 is 0 Å². The molecule has 6 nitrogen and oxygen atoms in total. The fourth-order valence-corrected chi connectivity index (χ4v) is 2.84. The third kappa shape index (κ3) is 4.05. The molecule has 1 aromatic rings. The van der Waals surface area contributed by atoms with Crippen LogP contribution in [-0.4, -0.2) is 32.8 Å². The van der Waals surface area contributed by atoms with Gasteiger partial charge in [0.15, 0.2) is 0 Å². The molecular formula is C12H18N4O2S. The van der Waals surface area contributed by atoms with Gasteiger partial charge in [-0.2, -0.15) is 0 Å². The summed E-state index contributed by atoms with van der Waals surface area (Å²) >= 11 is 1.35. The molecule has 1 saturated carbocycles. The van der Waals surface area contributed by atoms with Gasteiger partial charge in [-0.1, -0.05) is 31.0 Å². The molecule has 0 atom stereocenters. The predicted molar refractivity (Wildman–Crippen MR) is 71.6 cm³/mol. The first kappa shape index (κ1) is 14.0. The van der Waals surface area contributed by atoms with Gasteiger partial charge in [-0.05, 0) is 35.6 Å². The molecule has 0 unspecified atom stereocenters. The van der Waals surface area contributed by atoms with E-state index in [-0.39, 0.29) is 5.97 Å². The Bertz CT molecular complexity index is 441. The molecular weight excluding hydrogens is 264 g/mol. The number of ether oxygens (including phenoxy) is 1. The SMILES string of the molecule is CCOC(=O)/C=C\Sc1nnnn1C1CCCCC1. The van der Waals surface area contributed by atoms with Gasteiger partial charge < -0.3 is 4.74 Å². The maximum Gasteiger partial charge on any atom is 0.331 e. The van der Waals surface area contributed by atoms with Crippen molar-refractivity contribution in [2.75, 3.05) is 6.61 Å². The van der Waals surface area contributed by atoms with Crippen LogP contribution in [0.4, 0.5) is 0 Å². The van der Waals surface area contributed by atoms with Crippen molar-refractivity contribution < 1.29 is 9.53 Å². The molecule has 1 heterocycles. The average molecular weight is 282 g/mol. The quantitative estimate of drug-likeness (QED) is 0.469. The van der Waals surface area contributed by atoms with Crippen molar-refractivity contribution in [1.82, 2.24) is 20.2 Å². The lowest BCUT2D eigenvalue weighted by atomic mass is 9.96. The normalized spacial score (nSPS) is 16.9. The van der Waals surface area contributed by atoms with E-state index < -0.39 is 0 Å². The number of carbonyl (C=O) groups is 1. The van der Waals surface area contributed by atoms with Crippen molar-refractivity contribution in [2.45, 2.75) is 50.2 Å². The highest BCUT2D eigenvalue weighted by Gasteiger charge is 2.19. The molecule has 0 N–H and O–H groups in total. The molecule has 0 spiro atoms. The second kappa shape index (κ2) is 7.28. The zero-order valence-electron chi connectivity index (χ0n) is 11.0. The molecule has 1 aliphatic rings. The summed E-state index contributed by atoms with van der Waals surface area (Å²) < 4.78 is 6.68. The highest BCUT2D eigenvalue weighted by Crippen LogP contribution is 2.30. The van der Waals surface area contributed by atoms with Gasteiger partial charge >= 0.3 is 5.97 Å². The lowest BCUT2D eigenvalue weighted by Crippen LogP contribution is -2.15. The van der Waals surface area contributed by atoms with Crippen molar-refractivity contribution in [2.24, 2.45) is 0 Å². The van der Waals surface area contributed by atoms with Crippen LogP contribution in [0.25, 0.3) is 0 Å². The molecule has 1 fully saturated rings. The second-order valence-corrected chi connectivity index (χ2v) is 5.24. The van der Waals surface area contributed by atoms with E-state index in [9.17, 15) is 4.79 Å². The Balaban J connectivity index is 1.93. The summed E-state index contributed by atoms with van der Waals surface area (Å²) in [6.07, 6.45) is 7.40. The van der Waals surface area contributed by atoms with E-state index in [2.05, 4.69) is 15.5 Å². The minimum Gasteiger partial charge on any atom is -0.463 e. The van der Waals surface area contributed by atoms with Gasteiger partial charge in [0.2, 0.25) is 5.16 Å². The molecule has 2 rings (SSSR count). The lowest BCUT2D eigenvalue weighted by Gasteiger charge is -2.21. The zero-order valence-corrected chi connectivity index (χ0v) is 11.8. The van der Waals surface area contributed by atoms with Crippen LogP contribution in [0.2, 0.25) is 0 Å². The molecule has 0 aliphatic heterocycles. The number of nitrogens with zero attached hydrogens (tertiary/aromatic N) is 4. The van der Waals surface area contributed by atoms with Crippen LogP contribution >= 0.6 is 11.8 Å². The molecule has 0 amide bonds.